The summed E-state index contributed by atoms with van der Waals surface area (Å²) < 4.78 is 67.9. The van der Waals surface area contributed by atoms with Gasteiger partial charge in [-0.15, -0.1) is 0 Å². The van der Waals surface area contributed by atoms with E-state index >= 15 is 0 Å². The number of rotatable bonds is 4. The van der Waals surface area contributed by atoms with E-state index in [1.54, 1.807) is 0 Å². The van der Waals surface area contributed by atoms with Crippen LogP contribution in [0.25, 0.3) is 5.78 Å². The molecule has 0 aromatic carbocycles. The number of hydrogen-bond acceptors (Lipinski definition) is 5. The van der Waals surface area contributed by atoms with Crippen LogP contribution in [0.3, 0.4) is 0 Å². The van der Waals surface area contributed by atoms with E-state index in [1.807, 2.05) is 0 Å². The highest BCUT2D eigenvalue weighted by Crippen LogP contribution is 2.41. The lowest BCUT2D eigenvalue weighted by Crippen LogP contribution is -2.47. The molecule has 170 valence electrons. The zero-order valence-electron chi connectivity index (χ0n) is 16.6. The summed E-state index contributed by atoms with van der Waals surface area (Å²) in [4.78, 5) is 20.5. The molecular weight excluding hydrogens is 423 g/mol. The highest BCUT2D eigenvalue weighted by atomic mass is 19.4. The Labute approximate surface area is 174 Å². The van der Waals surface area contributed by atoms with Gasteiger partial charge in [0.05, 0.1) is 35.7 Å². The fraction of sp³-hybridized carbons (Fsp3) is 0.684. The normalized spacial score (nSPS) is 27.8. The molecule has 3 N–H and O–H groups in total. The van der Waals surface area contributed by atoms with E-state index in [1.165, 1.54) is 16.9 Å². The molecule has 3 heterocycles. The summed E-state index contributed by atoms with van der Waals surface area (Å²) in [6.45, 7) is -0.424. The maximum atomic E-state index is 13.7. The van der Waals surface area contributed by atoms with Gasteiger partial charge in [0, 0.05) is 31.7 Å². The number of carbonyl (C=O) groups is 1. The third-order valence-corrected chi connectivity index (χ3v) is 6.16. The van der Waals surface area contributed by atoms with Crippen molar-refractivity contribution in [2.45, 2.75) is 56.7 Å². The molecule has 1 saturated carbocycles. The third kappa shape index (κ3) is 4.78. The monoisotopic (exact) mass is 446 g/mol. The second-order valence-electron chi connectivity index (χ2n) is 8.52. The van der Waals surface area contributed by atoms with E-state index in [0.717, 1.165) is 0 Å². The average molecular weight is 446 g/mol. The summed E-state index contributed by atoms with van der Waals surface area (Å²) >= 11 is 0. The molecule has 2 aromatic heterocycles. The summed E-state index contributed by atoms with van der Waals surface area (Å²) in [5.41, 5.74) is 6.90. The molecule has 12 heteroatoms. The van der Waals surface area contributed by atoms with Crippen LogP contribution in [-0.2, 0) is 11.2 Å². The van der Waals surface area contributed by atoms with E-state index in [0.29, 0.717) is 24.2 Å². The molecule has 4 rings (SSSR count). The van der Waals surface area contributed by atoms with E-state index < -0.39 is 48.3 Å². The van der Waals surface area contributed by atoms with Crippen molar-refractivity contribution in [3.8, 4) is 0 Å². The predicted molar refractivity (Wildman–Crippen MR) is 99.0 cm³/mol. The molecule has 2 aliphatic rings. The van der Waals surface area contributed by atoms with Crippen molar-refractivity contribution in [1.29, 1.82) is 0 Å². The van der Waals surface area contributed by atoms with Gasteiger partial charge in [-0.2, -0.15) is 18.3 Å². The number of halogens is 5. The quantitative estimate of drug-likeness (QED) is 0.704. The summed E-state index contributed by atoms with van der Waals surface area (Å²) in [7, 11) is 0. The zero-order valence-corrected chi connectivity index (χ0v) is 16.6. The molecular formula is C19H23F5N6O. The smallest absolute Gasteiger partial charge is 0.355 e. The summed E-state index contributed by atoms with van der Waals surface area (Å²) in [6, 6.07) is -0.699. The first-order chi connectivity index (χ1) is 14.5. The van der Waals surface area contributed by atoms with Crippen LogP contribution in [0.15, 0.2) is 12.4 Å². The molecule has 7 nitrogen and oxygen atoms in total. The van der Waals surface area contributed by atoms with Crippen molar-refractivity contribution >= 4 is 11.7 Å². The number of amides is 1. The number of imidazole rings is 1. The standard InChI is InChI=1S/C19H23F5N6O/c20-18(21)3-1-2-10(6-18)15(25)14-9-30-17(28-14)27-8-13(29-30)5-11-4-12(19(22,23)24)7-26-16(11)31/h8-12,15H,1-7,25H2,(H,26,31)/t10-,11-,12-,15+/m1/s1. The number of hydrogen-bond donors (Lipinski definition) is 2. The van der Waals surface area contributed by atoms with Crippen molar-refractivity contribution in [3.63, 3.8) is 0 Å². The number of nitrogens with zero attached hydrogens (tertiary/aromatic N) is 4. The molecule has 0 bridgehead atoms. The molecule has 31 heavy (non-hydrogen) atoms. The number of alkyl halides is 5. The summed E-state index contributed by atoms with van der Waals surface area (Å²) in [5, 5.41) is 6.60. The Bertz CT molecular complexity index is 961. The zero-order chi connectivity index (χ0) is 22.4. The number of nitrogens with two attached hydrogens (primary N) is 1. The first kappa shape index (κ1) is 21.8. The molecule has 0 spiro atoms. The van der Waals surface area contributed by atoms with Crippen LogP contribution in [0, 0.1) is 17.8 Å². The molecule has 1 saturated heterocycles. The lowest BCUT2D eigenvalue weighted by Gasteiger charge is -2.31. The van der Waals surface area contributed by atoms with Gasteiger partial charge < -0.3 is 11.1 Å². The average Bonchev–Trinajstić information content (AvgIpc) is 3.11. The Morgan fingerprint density at radius 3 is 2.84 bits per heavy atom. The largest absolute Gasteiger partial charge is 0.393 e. The second-order valence-corrected chi connectivity index (χ2v) is 8.52. The van der Waals surface area contributed by atoms with E-state index in [-0.39, 0.29) is 31.5 Å². The summed E-state index contributed by atoms with van der Waals surface area (Å²) in [6.07, 6.45) is -1.31. The van der Waals surface area contributed by atoms with Gasteiger partial charge in [0.1, 0.15) is 0 Å². The van der Waals surface area contributed by atoms with Crippen LogP contribution >= 0.6 is 0 Å². The van der Waals surface area contributed by atoms with Crippen molar-refractivity contribution in [2.24, 2.45) is 23.5 Å². The molecule has 1 aliphatic carbocycles. The molecule has 4 atom stereocenters. The molecule has 1 aliphatic heterocycles. The highest BCUT2D eigenvalue weighted by Gasteiger charge is 2.45. The van der Waals surface area contributed by atoms with Crippen molar-refractivity contribution in [3.05, 3.63) is 23.8 Å². The Kier molecular flexibility index (Phi) is 5.61. The van der Waals surface area contributed by atoms with Gasteiger partial charge in [-0.3, -0.25) is 4.79 Å². The Morgan fingerprint density at radius 2 is 2.13 bits per heavy atom. The fourth-order valence-electron chi connectivity index (χ4n) is 4.43. The Hall–Kier alpha value is -2.37. The van der Waals surface area contributed by atoms with Crippen molar-refractivity contribution in [1.82, 2.24) is 24.9 Å². The van der Waals surface area contributed by atoms with Gasteiger partial charge in [-0.05, 0) is 25.2 Å². The third-order valence-electron chi connectivity index (χ3n) is 6.16. The fourth-order valence-corrected chi connectivity index (χ4v) is 4.43. The number of aromatic nitrogens is 4. The van der Waals surface area contributed by atoms with Gasteiger partial charge in [-0.25, -0.2) is 23.3 Å². The minimum Gasteiger partial charge on any atom is -0.355 e. The Morgan fingerprint density at radius 1 is 1.35 bits per heavy atom. The lowest BCUT2D eigenvalue weighted by molar-refractivity contribution is -0.183. The lowest BCUT2D eigenvalue weighted by atomic mass is 9.81. The Balaban J connectivity index is 1.49. The van der Waals surface area contributed by atoms with Gasteiger partial charge in [0.25, 0.3) is 5.78 Å². The molecule has 1 amide bonds. The van der Waals surface area contributed by atoms with Crippen LogP contribution < -0.4 is 11.1 Å². The van der Waals surface area contributed by atoms with Crippen molar-refractivity contribution in [2.75, 3.05) is 6.54 Å². The first-order valence-electron chi connectivity index (χ1n) is 10.2. The van der Waals surface area contributed by atoms with Crippen LogP contribution in [0.1, 0.15) is 49.5 Å². The number of nitrogens with one attached hydrogen (secondary N) is 1. The van der Waals surface area contributed by atoms with E-state index in [2.05, 4.69) is 20.4 Å². The maximum Gasteiger partial charge on any atom is 0.393 e. The van der Waals surface area contributed by atoms with Crippen LogP contribution in [0.2, 0.25) is 0 Å². The van der Waals surface area contributed by atoms with Crippen LogP contribution in [0.4, 0.5) is 22.0 Å². The maximum absolute atomic E-state index is 13.7. The minimum absolute atomic E-state index is 0.00420. The van der Waals surface area contributed by atoms with E-state index in [4.69, 9.17) is 5.73 Å². The second kappa shape index (κ2) is 7.95. The number of piperidine rings is 1. The molecule has 2 aromatic rings. The van der Waals surface area contributed by atoms with Gasteiger partial charge in [-0.1, -0.05) is 0 Å². The topological polar surface area (TPSA) is 98.2 Å². The van der Waals surface area contributed by atoms with Crippen LogP contribution in [-0.4, -0.2) is 44.1 Å². The SMILES string of the molecule is N[C@H](c1cn2nc(C[C@H]3C[C@@H](C(F)(F)F)CNC3=O)cnc2n1)[C@@H]1CCCC(F)(F)C1. The van der Waals surface area contributed by atoms with Gasteiger partial charge in [0.15, 0.2) is 0 Å². The van der Waals surface area contributed by atoms with E-state index in [9.17, 15) is 26.7 Å². The van der Waals surface area contributed by atoms with Crippen molar-refractivity contribution < 1.29 is 26.7 Å². The van der Waals surface area contributed by atoms with Gasteiger partial charge >= 0.3 is 6.18 Å². The first-order valence-corrected chi connectivity index (χ1v) is 10.2. The predicted octanol–water partition coefficient (Wildman–Crippen LogP) is 2.81. The molecule has 0 radical (unpaired) electrons. The summed E-state index contributed by atoms with van der Waals surface area (Å²) in [5.74, 6) is -5.87. The molecule has 2 fully saturated rings. The van der Waals surface area contributed by atoms with Crippen LogP contribution in [0.5, 0.6) is 0 Å². The highest BCUT2D eigenvalue weighted by molar-refractivity contribution is 5.79. The molecule has 0 unspecified atom stereocenters. The minimum atomic E-state index is -4.38. The number of fused-ring (bicyclic) bond motifs is 1. The number of carbonyl (C=O) groups excluding carboxylic acids is 1. The van der Waals surface area contributed by atoms with Gasteiger partial charge in [0.2, 0.25) is 11.8 Å².